The Morgan fingerprint density at radius 2 is 1.79 bits per heavy atom. The minimum Gasteiger partial charge on any atom is -0.368 e. The van der Waals surface area contributed by atoms with Crippen LogP contribution in [0, 0.1) is 0 Å². The van der Waals surface area contributed by atoms with Gasteiger partial charge in [-0.1, -0.05) is 42.5 Å². The molecule has 3 rings (SSSR count). The molecule has 0 aromatic heterocycles. The van der Waals surface area contributed by atoms with Gasteiger partial charge in [0.05, 0.1) is 11.0 Å². The van der Waals surface area contributed by atoms with Gasteiger partial charge in [0.1, 0.15) is 0 Å². The molecule has 94 valence electrons. The number of benzene rings is 1. The molecule has 1 aromatic carbocycles. The van der Waals surface area contributed by atoms with Gasteiger partial charge in [-0.05, 0) is 0 Å². The summed E-state index contributed by atoms with van der Waals surface area (Å²) in [5, 5.41) is -0.129. The maximum Gasteiger partial charge on any atom is 0.414 e. The Hall–Kier alpha value is -2.13. The number of hydrogen-bond donors (Lipinski definition) is 0. The van der Waals surface area contributed by atoms with E-state index in [0.717, 1.165) is 11.3 Å². The molecular weight excluding hydrogens is 262 g/mol. The number of nitrogens with zero attached hydrogens (tertiary/aromatic N) is 1. The van der Waals surface area contributed by atoms with Crippen molar-refractivity contribution in [2.75, 3.05) is 0 Å². The van der Waals surface area contributed by atoms with E-state index in [1.54, 1.807) is 4.58 Å². The van der Waals surface area contributed by atoms with Crippen molar-refractivity contribution in [2.45, 2.75) is 5.38 Å². The van der Waals surface area contributed by atoms with Gasteiger partial charge in [0.15, 0.2) is 0 Å². The summed E-state index contributed by atoms with van der Waals surface area (Å²) >= 11 is 5.94. The highest BCUT2D eigenvalue weighted by molar-refractivity contribution is 6.23. The number of esters is 1. The smallest absolute Gasteiger partial charge is 0.368 e. The molecule has 1 aromatic rings. The molecule has 19 heavy (non-hydrogen) atoms. The lowest BCUT2D eigenvalue weighted by Gasteiger charge is -2.05. The fourth-order valence-electron chi connectivity index (χ4n) is 2.01. The number of alkyl halides is 1. The van der Waals surface area contributed by atoms with Gasteiger partial charge in [-0.25, -0.2) is 4.79 Å². The largest absolute Gasteiger partial charge is 0.414 e. The number of para-hydroxylation sites is 1. The van der Waals surface area contributed by atoms with Gasteiger partial charge < -0.3 is 4.74 Å². The Bertz CT molecular complexity index is 625. The molecule has 4 heteroatoms. The van der Waals surface area contributed by atoms with E-state index in [0.29, 0.717) is 5.70 Å². The van der Waals surface area contributed by atoms with Crippen molar-refractivity contribution in [2.24, 2.45) is 0 Å². The summed E-state index contributed by atoms with van der Waals surface area (Å²) in [6.07, 6.45) is 8.76. The van der Waals surface area contributed by atoms with Crippen molar-refractivity contribution >= 4 is 29.7 Å². The number of hydrogen-bond acceptors (Lipinski definition) is 2. The molecule has 0 fully saturated rings. The van der Waals surface area contributed by atoms with Crippen molar-refractivity contribution < 1.29 is 14.1 Å². The third kappa shape index (κ3) is 2.25. The molecule has 0 N–H and O–H groups in total. The maximum absolute atomic E-state index is 11.9. The first-order valence-electron chi connectivity index (χ1n) is 5.89. The third-order valence-corrected chi connectivity index (χ3v) is 3.22. The Labute approximate surface area is 115 Å². The zero-order valence-electron chi connectivity index (χ0n) is 9.99. The first kappa shape index (κ1) is 11.9. The molecule has 0 atom stereocenters. The van der Waals surface area contributed by atoms with Crippen molar-refractivity contribution in [3.63, 3.8) is 0 Å². The molecule has 1 aliphatic carbocycles. The predicted octanol–water partition coefficient (Wildman–Crippen LogP) is 2.90. The average Bonchev–Trinajstić information content (AvgIpc) is 2.83. The van der Waals surface area contributed by atoms with Crippen molar-refractivity contribution in [3.8, 4) is 0 Å². The van der Waals surface area contributed by atoms with E-state index >= 15 is 0 Å². The van der Waals surface area contributed by atoms with Crippen LogP contribution in [-0.2, 0) is 9.53 Å². The molecule has 0 saturated carbocycles. The summed E-state index contributed by atoms with van der Waals surface area (Å²) in [6, 6.07) is 9.58. The Kier molecular flexibility index (Phi) is 3.05. The van der Waals surface area contributed by atoms with E-state index in [2.05, 4.69) is 0 Å². The molecular formula is C15H11ClNO2+. The van der Waals surface area contributed by atoms with Crippen LogP contribution in [0.15, 0.2) is 65.9 Å². The average molecular weight is 273 g/mol. The monoisotopic (exact) mass is 272 g/mol. The number of rotatable bonds is 1. The zero-order chi connectivity index (χ0) is 13.2. The Balaban J connectivity index is 2.07. The van der Waals surface area contributed by atoms with E-state index in [9.17, 15) is 4.79 Å². The van der Waals surface area contributed by atoms with Crippen LogP contribution in [0.4, 0.5) is 5.69 Å². The van der Waals surface area contributed by atoms with Crippen molar-refractivity contribution in [1.29, 1.82) is 0 Å². The highest BCUT2D eigenvalue weighted by atomic mass is 35.5. The summed E-state index contributed by atoms with van der Waals surface area (Å²) in [6.45, 7) is 0. The molecule has 0 saturated heterocycles. The standard InChI is InChI=1S/C15H11ClNO2/c16-12-8-6-11(7-9-12)14-15(18)19-10-17(14)13-4-2-1-3-5-13/h1-10,12H/q+1. The first-order chi connectivity index (χ1) is 9.25. The lowest BCUT2D eigenvalue weighted by Crippen LogP contribution is -2.09. The molecule has 0 amide bonds. The second-order valence-corrected chi connectivity index (χ2v) is 4.69. The summed E-state index contributed by atoms with van der Waals surface area (Å²) in [4.78, 5) is 11.9. The molecule has 3 nitrogen and oxygen atoms in total. The molecule has 2 aliphatic rings. The summed E-state index contributed by atoms with van der Waals surface area (Å²) in [7, 11) is 0. The van der Waals surface area contributed by atoms with Gasteiger partial charge in [0, 0.05) is 12.1 Å². The van der Waals surface area contributed by atoms with Gasteiger partial charge in [-0.15, -0.1) is 16.2 Å². The lowest BCUT2D eigenvalue weighted by atomic mass is 10.1. The normalized spacial score (nSPS) is 21.6. The number of halogens is 1. The minimum atomic E-state index is -0.360. The molecule has 1 aliphatic heterocycles. The van der Waals surface area contributed by atoms with Crippen LogP contribution < -0.4 is 0 Å². The van der Waals surface area contributed by atoms with Crippen molar-refractivity contribution in [1.82, 2.24) is 0 Å². The second kappa shape index (κ2) is 4.86. The number of carbonyl (C=O) groups excluding carboxylic acids is 1. The third-order valence-electron chi connectivity index (χ3n) is 2.93. The van der Waals surface area contributed by atoms with E-state index in [1.807, 2.05) is 54.6 Å². The molecule has 0 spiro atoms. The minimum absolute atomic E-state index is 0.129. The van der Waals surface area contributed by atoms with Crippen LogP contribution in [0.1, 0.15) is 0 Å². The molecule has 1 heterocycles. The fraction of sp³-hybridized carbons (Fsp3) is 0.0667. The highest BCUT2D eigenvalue weighted by Crippen LogP contribution is 2.25. The number of carbonyl (C=O) groups is 1. The molecule has 0 unspecified atom stereocenters. The van der Waals surface area contributed by atoms with Crippen LogP contribution in [0.3, 0.4) is 0 Å². The number of cyclic esters (lactones) is 1. The Morgan fingerprint density at radius 1 is 1.11 bits per heavy atom. The van der Waals surface area contributed by atoms with E-state index in [4.69, 9.17) is 16.3 Å². The molecule has 0 radical (unpaired) electrons. The van der Waals surface area contributed by atoms with Crippen LogP contribution >= 0.6 is 11.6 Å². The second-order valence-electron chi connectivity index (χ2n) is 4.18. The zero-order valence-corrected chi connectivity index (χ0v) is 10.7. The van der Waals surface area contributed by atoms with E-state index in [-0.39, 0.29) is 11.3 Å². The van der Waals surface area contributed by atoms with Gasteiger partial charge in [0.25, 0.3) is 0 Å². The lowest BCUT2D eigenvalue weighted by molar-refractivity contribution is -0.369. The molecule has 0 bridgehead atoms. The van der Waals surface area contributed by atoms with Gasteiger partial charge in [0.2, 0.25) is 5.69 Å². The van der Waals surface area contributed by atoms with Gasteiger partial charge in [-0.2, -0.15) is 0 Å². The van der Waals surface area contributed by atoms with Crippen LogP contribution in [-0.4, -0.2) is 22.3 Å². The van der Waals surface area contributed by atoms with Crippen LogP contribution in [0.25, 0.3) is 0 Å². The van der Waals surface area contributed by atoms with Gasteiger partial charge >= 0.3 is 18.1 Å². The van der Waals surface area contributed by atoms with Crippen LogP contribution in [0.2, 0.25) is 0 Å². The first-order valence-corrected chi connectivity index (χ1v) is 6.33. The predicted molar refractivity (Wildman–Crippen MR) is 73.5 cm³/mol. The summed E-state index contributed by atoms with van der Waals surface area (Å²) < 4.78 is 6.75. The SMILES string of the molecule is O=C1OC=[N+](c2ccccc2)C1=C1C=CC(Cl)C=C1. The summed E-state index contributed by atoms with van der Waals surface area (Å²) in [5.74, 6) is -0.360. The van der Waals surface area contributed by atoms with Gasteiger partial charge in [-0.3, -0.25) is 0 Å². The fourth-order valence-corrected chi connectivity index (χ4v) is 2.16. The topological polar surface area (TPSA) is 29.3 Å². The number of ether oxygens (including phenoxy) is 1. The number of allylic oxidation sites excluding steroid dienone is 5. The van der Waals surface area contributed by atoms with E-state index < -0.39 is 0 Å². The van der Waals surface area contributed by atoms with Crippen LogP contribution in [0.5, 0.6) is 0 Å². The highest BCUT2D eigenvalue weighted by Gasteiger charge is 2.35. The Morgan fingerprint density at radius 3 is 2.47 bits per heavy atom. The summed E-state index contributed by atoms with van der Waals surface area (Å²) in [5.41, 5.74) is 2.17. The maximum atomic E-state index is 11.9. The quantitative estimate of drug-likeness (QED) is 0.340. The van der Waals surface area contributed by atoms with E-state index in [1.165, 1.54) is 6.40 Å². The van der Waals surface area contributed by atoms with Crippen molar-refractivity contribution in [3.05, 3.63) is 65.9 Å².